The van der Waals surface area contributed by atoms with Gasteiger partial charge in [-0.15, -0.1) is 0 Å². The first-order valence-corrected chi connectivity index (χ1v) is 6.62. The van der Waals surface area contributed by atoms with E-state index < -0.39 is 29.5 Å². The Bertz CT molecular complexity index is 687. The SMILES string of the molecule is CCC(c1ccc(C(F)(F)F)cc1C(F)(F)F)n1cc(N)cn1. The monoisotopic (exact) mass is 337 g/mol. The Morgan fingerprint density at radius 2 is 1.78 bits per heavy atom. The second-order valence-electron chi connectivity index (χ2n) is 4.98. The van der Waals surface area contributed by atoms with Crippen molar-refractivity contribution in [2.75, 3.05) is 5.73 Å². The Kier molecular flexibility index (Phi) is 4.32. The number of nitrogen functional groups attached to an aromatic ring is 1. The molecule has 0 bridgehead atoms. The largest absolute Gasteiger partial charge is 0.416 e. The fourth-order valence-electron chi connectivity index (χ4n) is 2.34. The fourth-order valence-corrected chi connectivity index (χ4v) is 2.34. The third kappa shape index (κ3) is 3.59. The van der Waals surface area contributed by atoms with Gasteiger partial charge in [-0.2, -0.15) is 31.4 Å². The highest BCUT2D eigenvalue weighted by atomic mass is 19.4. The van der Waals surface area contributed by atoms with Crippen molar-refractivity contribution in [1.82, 2.24) is 9.78 Å². The summed E-state index contributed by atoms with van der Waals surface area (Å²) in [5, 5.41) is 3.86. The van der Waals surface area contributed by atoms with Gasteiger partial charge < -0.3 is 5.73 Å². The van der Waals surface area contributed by atoms with Crippen molar-refractivity contribution >= 4 is 5.69 Å². The van der Waals surface area contributed by atoms with Crippen LogP contribution in [0.15, 0.2) is 30.6 Å². The number of nitrogens with two attached hydrogens (primary N) is 1. The van der Waals surface area contributed by atoms with Gasteiger partial charge >= 0.3 is 12.4 Å². The lowest BCUT2D eigenvalue weighted by Gasteiger charge is -2.22. The molecule has 0 radical (unpaired) electrons. The van der Waals surface area contributed by atoms with Crippen LogP contribution in [0.1, 0.15) is 36.1 Å². The molecule has 2 rings (SSSR count). The Morgan fingerprint density at radius 1 is 1.13 bits per heavy atom. The molecular weight excluding hydrogens is 324 g/mol. The maximum atomic E-state index is 13.2. The minimum atomic E-state index is -4.91. The zero-order chi connectivity index (χ0) is 17.4. The summed E-state index contributed by atoms with van der Waals surface area (Å²) >= 11 is 0. The van der Waals surface area contributed by atoms with Gasteiger partial charge in [0.2, 0.25) is 0 Å². The second kappa shape index (κ2) is 5.78. The maximum Gasteiger partial charge on any atom is 0.416 e. The van der Waals surface area contributed by atoms with E-state index in [0.717, 1.165) is 6.07 Å². The highest BCUT2D eigenvalue weighted by Crippen LogP contribution is 2.40. The van der Waals surface area contributed by atoms with E-state index in [1.165, 1.54) is 17.1 Å². The van der Waals surface area contributed by atoms with Crippen molar-refractivity contribution in [3.63, 3.8) is 0 Å². The molecule has 23 heavy (non-hydrogen) atoms. The number of halogens is 6. The van der Waals surface area contributed by atoms with E-state index >= 15 is 0 Å². The summed E-state index contributed by atoms with van der Waals surface area (Å²) in [4.78, 5) is 0. The molecule has 0 amide bonds. The number of nitrogens with zero attached hydrogens (tertiary/aromatic N) is 2. The number of hydrogen-bond donors (Lipinski definition) is 1. The summed E-state index contributed by atoms with van der Waals surface area (Å²) in [6.07, 6.45) is -6.96. The first-order valence-electron chi connectivity index (χ1n) is 6.62. The molecule has 1 unspecified atom stereocenters. The molecule has 0 aliphatic carbocycles. The van der Waals surface area contributed by atoms with Crippen LogP contribution in [-0.2, 0) is 12.4 Å². The fraction of sp³-hybridized carbons (Fsp3) is 0.357. The zero-order valence-corrected chi connectivity index (χ0v) is 11.9. The molecule has 1 heterocycles. The molecule has 2 N–H and O–H groups in total. The number of benzene rings is 1. The summed E-state index contributed by atoms with van der Waals surface area (Å²) < 4.78 is 78.9. The van der Waals surface area contributed by atoms with Crippen molar-refractivity contribution in [3.8, 4) is 0 Å². The molecule has 3 nitrogen and oxygen atoms in total. The Labute approximate surface area is 127 Å². The van der Waals surface area contributed by atoms with E-state index in [1.54, 1.807) is 6.92 Å². The lowest BCUT2D eigenvalue weighted by molar-refractivity contribution is -0.143. The van der Waals surface area contributed by atoms with Crippen molar-refractivity contribution in [3.05, 3.63) is 47.3 Å². The summed E-state index contributed by atoms with van der Waals surface area (Å²) in [5.74, 6) is 0. The van der Waals surface area contributed by atoms with Crippen LogP contribution in [-0.4, -0.2) is 9.78 Å². The standard InChI is InChI=1S/C14H13F6N3/c1-2-12(23-7-9(21)6-22-23)10-4-3-8(13(15,16)17)5-11(10)14(18,19)20/h3-7,12H,2,21H2,1H3. The maximum absolute atomic E-state index is 13.2. The van der Waals surface area contributed by atoms with Crippen LogP contribution in [0, 0.1) is 0 Å². The normalized spacial score (nSPS) is 14.0. The van der Waals surface area contributed by atoms with Gasteiger partial charge in [-0.25, -0.2) is 0 Å². The molecule has 1 aromatic heterocycles. The van der Waals surface area contributed by atoms with E-state index in [9.17, 15) is 26.3 Å². The van der Waals surface area contributed by atoms with E-state index in [0.29, 0.717) is 6.07 Å². The number of alkyl halides is 6. The van der Waals surface area contributed by atoms with Gasteiger partial charge in [-0.1, -0.05) is 13.0 Å². The molecule has 2 aromatic rings. The summed E-state index contributed by atoms with van der Waals surface area (Å²) in [6, 6.07) is 0.744. The Hall–Kier alpha value is -2.19. The van der Waals surface area contributed by atoms with Crippen molar-refractivity contribution in [2.24, 2.45) is 0 Å². The number of anilines is 1. The van der Waals surface area contributed by atoms with Crippen LogP contribution in [0.25, 0.3) is 0 Å². The number of rotatable bonds is 3. The van der Waals surface area contributed by atoms with Gasteiger partial charge in [0, 0.05) is 6.20 Å². The highest BCUT2D eigenvalue weighted by Gasteiger charge is 2.39. The van der Waals surface area contributed by atoms with Gasteiger partial charge in [-0.3, -0.25) is 4.68 Å². The van der Waals surface area contributed by atoms with Crippen molar-refractivity contribution in [2.45, 2.75) is 31.7 Å². The lowest BCUT2D eigenvalue weighted by atomic mass is 9.95. The number of hydrogen-bond acceptors (Lipinski definition) is 2. The topological polar surface area (TPSA) is 43.8 Å². The third-order valence-electron chi connectivity index (χ3n) is 3.37. The molecular formula is C14H13F6N3. The van der Waals surface area contributed by atoms with E-state index in [-0.39, 0.29) is 23.7 Å². The van der Waals surface area contributed by atoms with Crippen LogP contribution in [0.3, 0.4) is 0 Å². The predicted octanol–water partition coefficient (Wildman–Crippen LogP) is 4.50. The molecule has 0 aliphatic heterocycles. The van der Waals surface area contributed by atoms with Gasteiger partial charge in [0.25, 0.3) is 0 Å². The second-order valence-corrected chi connectivity index (χ2v) is 4.98. The van der Waals surface area contributed by atoms with Gasteiger partial charge in [0.15, 0.2) is 0 Å². The minimum absolute atomic E-state index is 0.130. The smallest absolute Gasteiger partial charge is 0.396 e. The van der Waals surface area contributed by atoms with Crippen molar-refractivity contribution in [1.29, 1.82) is 0 Å². The van der Waals surface area contributed by atoms with E-state index in [4.69, 9.17) is 5.73 Å². The van der Waals surface area contributed by atoms with Crippen LogP contribution in [0.4, 0.5) is 32.0 Å². The molecule has 0 spiro atoms. The quantitative estimate of drug-likeness (QED) is 0.838. The highest BCUT2D eigenvalue weighted by molar-refractivity contribution is 5.39. The predicted molar refractivity (Wildman–Crippen MR) is 71.5 cm³/mol. The van der Waals surface area contributed by atoms with E-state index in [2.05, 4.69) is 5.10 Å². The third-order valence-corrected chi connectivity index (χ3v) is 3.37. The minimum Gasteiger partial charge on any atom is -0.396 e. The molecule has 0 aliphatic rings. The van der Waals surface area contributed by atoms with Crippen molar-refractivity contribution < 1.29 is 26.3 Å². The summed E-state index contributed by atoms with van der Waals surface area (Å²) in [6.45, 7) is 1.61. The van der Waals surface area contributed by atoms with Gasteiger partial charge in [0.05, 0.1) is 29.1 Å². The van der Waals surface area contributed by atoms with Crippen LogP contribution >= 0.6 is 0 Å². The zero-order valence-electron chi connectivity index (χ0n) is 11.9. The average Bonchev–Trinajstić information content (AvgIpc) is 2.84. The van der Waals surface area contributed by atoms with Gasteiger partial charge in [0.1, 0.15) is 0 Å². The summed E-state index contributed by atoms with van der Waals surface area (Å²) in [7, 11) is 0. The summed E-state index contributed by atoms with van der Waals surface area (Å²) in [5.41, 5.74) is 2.80. The molecule has 0 saturated carbocycles. The van der Waals surface area contributed by atoms with E-state index in [1.807, 2.05) is 0 Å². The molecule has 0 fully saturated rings. The molecule has 9 heteroatoms. The molecule has 1 aromatic carbocycles. The first kappa shape index (κ1) is 17.2. The van der Waals surface area contributed by atoms with Crippen LogP contribution < -0.4 is 5.73 Å². The lowest BCUT2D eigenvalue weighted by Crippen LogP contribution is -2.19. The Balaban J connectivity index is 2.60. The molecule has 1 atom stereocenters. The molecule has 126 valence electrons. The van der Waals surface area contributed by atoms with Gasteiger partial charge in [-0.05, 0) is 24.1 Å². The first-order chi connectivity index (χ1) is 10.5. The average molecular weight is 337 g/mol. The Morgan fingerprint density at radius 3 is 2.22 bits per heavy atom. The van der Waals surface area contributed by atoms with Crippen LogP contribution in [0.5, 0.6) is 0 Å². The number of aromatic nitrogens is 2. The molecule has 0 saturated heterocycles. The van der Waals surface area contributed by atoms with Crippen LogP contribution in [0.2, 0.25) is 0 Å².